The summed E-state index contributed by atoms with van der Waals surface area (Å²) in [4.78, 5) is 25.1. The van der Waals surface area contributed by atoms with E-state index >= 15 is 0 Å². The smallest absolute Gasteiger partial charge is 0.350 e. The van der Waals surface area contributed by atoms with E-state index in [9.17, 15) is 19.1 Å². The monoisotopic (exact) mass is 408 g/mol. The minimum atomic E-state index is -0.785. The molecular weight excluding hydrogens is 379 g/mol. The van der Waals surface area contributed by atoms with Crippen molar-refractivity contribution in [3.8, 4) is 11.4 Å². The van der Waals surface area contributed by atoms with Crippen LogP contribution in [0, 0.1) is 5.82 Å². The number of carbonyl (C=O) groups excluding carboxylic acids is 1. The number of carbonyl (C=O) groups is 1. The number of hydrogen-bond acceptors (Lipinski definition) is 5. The molecule has 0 saturated carbocycles. The van der Waals surface area contributed by atoms with E-state index in [-0.39, 0.29) is 28.9 Å². The van der Waals surface area contributed by atoms with Gasteiger partial charge < -0.3 is 15.2 Å². The number of benzene rings is 1. The number of nitrogens with one attached hydrogen (secondary N) is 1. The number of amides is 1. The minimum absolute atomic E-state index is 0.0285. The van der Waals surface area contributed by atoms with Gasteiger partial charge in [0.15, 0.2) is 5.82 Å². The van der Waals surface area contributed by atoms with Gasteiger partial charge in [-0.1, -0.05) is 27.2 Å². The maximum Gasteiger partial charge on any atom is 0.350 e. The number of aliphatic hydroxyl groups is 1. The molecule has 0 saturated heterocycles. The van der Waals surface area contributed by atoms with E-state index in [1.54, 1.807) is 0 Å². The van der Waals surface area contributed by atoms with Crippen molar-refractivity contribution in [2.24, 2.45) is 7.05 Å². The second-order valence-electron chi connectivity index (χ2n) is 6.82. The Labute approximate surface area is 169 Å². The van der Waals surface area contributed by atoms with Crippen LogP contribution in [0.25, 0.3) is 5.69 Å². The van der Waals surface area contributed by atoms with Crippen LogP contribution < -0.4 is 15.7 Å². The van der Waals surface area contributed by atoms with Gasteiger partial charge in [-0.2, -0.15) is 4.68 Å². The van der Waals surface area contributed by atoms with Crippen molar-refractivity contribution in [2.75, 3.05) is 6.61 Å². The lowest BCUT2D eigenvalue weighted by Crippen LogP contribution is -2.34. The van der Waals surface area contributed by atoms with Crippen molar-refractivity contribution in [2.45, 2.75) is 59.1 Å². The lowest BCUT2D eigenvalue weighted by molar-refractivity contribution is 0.0930. The highest BCUT2D eigenvalue weighted by atomic mass is 19.1. The normalized spacial score (nSPS) is 11.1. The van der Waals surface area contributed by atoms with Gasteiger partial charge >= 0.3 is 5.69 Å². The zero-order valence-electron chi connectivity index (χ0n) is 17.4. The molecule has 1 aromatic heterocycles. The summed E-state index contributed by atoms with van der Waals surface area (Å²) in [6.07, 6.45) is 3.16. The van der Waals surface area contributed by atoms with E-state index < -0.39 is 24.0 Å². The summed E-state index contributed by atoms with van der Waals surface area (Å²) in [7, 11) is 1.44. The standard InChI is InChI=1S/C20H29FN4O4/c1-5-8-9-29-17-11-16(25-20(28)24(4)18(12-26)23-25)15(21)10-14(17)19(27)22-13(6-2)7-3/h10-11,13,26H,5-9,12H2,1-4H3,(H,22,27). The van der Waals surface area contributed by atoms with Crippen LogP contribution in [-0.4, -0.2) is 38.0 Å². The highest BCUT2D eigenvalue weighted by Crippen LogP contribution is 2.26. The molecule has 0 fully saturated rings. The Kier molecular flexibility index (Phi) is 7.95. The van der Waals surface area contributed by atoms with E-state index in [1.165, 1.54) is 13.1 Å². The summed E-state index contributed by atoms with van der Waals surface area (Å²) < 4.78 is 22.6. The molecule has 0 aliphatic heterocycles. The van der Waals surface area contributed by atoms with Crippen molar-refractivity contribution in [1.29, 1.82) is 0 Å². The zero-order valence-corrected chi connectivity index (χ0v) is 17.4. The number of aliphatic hydroxyl groups excluding tert-OH is 1. The molecule has 0 atom stereocenters. The molecule has 0 radical (unpaired) electrons. The molecule has 2 N–H and O–H groups in total. The molecule has 9 heteroatoms. The second kappa shape index (κ2) is 10.2. The molecule has 1 amide bonds. The fourth-order valence-corrected chi connectivity index (χ4v) is 2.86. The predicted molar refractivity (Wildman–Crippen MR) is 107 cm³/mol. The Balaban J connectivity index is 2.52. The molecule has 29 heavy (non-hydrogen) atoms. The first-order chi connectivity index (χ1) is 13.9. The zero-order chi connectivity index (χ0) is 21.6. The quantitative estimate of drug-likeness (QED) is 0.588. The first kappa shape index (κ1) is 22.6. The molecule has 0 aliphatic carbocycles. The van der Waals surface area contributed by atoms with Gasteiger partial charge in [0, 0.05) is 19.2 Å². The molecule has 1 heterocycles. The van der Waals surface area contributed by atoms with Gasteiger partial charge in [0.25, 0.3) is 5.91 Å². The number of halogens is 1. The maximum atomic E-state index is 14.9. The maximum absolute atomic E-state index is 14.9. The summed E-state index contributed by atoms with van der Waals surface area (Å²) in [6, 6.07) is 2.34. The first-order valence-electron chi connectivity index (χ1n) is 9.91. The third-order valence-electron chi connectivity index (χ3n) is 4.81. The fraction of sp³-hybridized carbons (Fsp3) is 0.550. The highest BCUT2D eigenvalue weighted by molar-refractivity contribution is 5.97. The van der Waals surface area contributed by atoms with E-state index in [4.69, 9.17) is 4.74 Å². The van der Waals surface area contributed by atoms with Crippen molar-refractivity contribution in [1.82, 2.24) is 19.7 Å². The largest absolute Gasteiger partial charge is 0.493 e. The molecule has 0 spiro atoms. The Bertz CT molecular complexity index is 903. The van der Waals surface area contributed by atoms with Crippen molar-refractivity contribution in [3.05, 3.63) is 39.8 Å². The molecule has 160 valence electrons. The summed E-state index contributed by atoms with van der Waals surface area (Å²) in [6.45, 7) is 5.82. The van der Waals surface area contributed by atoms with Crippen molar-refractivity contribution < 1.29 is 19.0 Å². The van der Waals surface area contributed by atoms with Gasteiger partial charge in [0.2, 0.25) is 0 Å². The predicted octanol–water partition coefficient (Wildman–Crippen LogP) is 2.30. The number of unbranched alkanes of at least 4 members (excludes halogenated alkanes) is 1. The SMILES string of the molecule is CCCCOc1cc(-n2nc(CO)n(C)c2=O)c(F)cc1C(=O)NC(CC)CC. The van der Waals surface area contributed by atoms with E-state index in [0.717, 1.165) is 41.0 Å². The number of hydrogen-bond donors (Lipinski definition) is 2. The summed E-state index contributed by atoms with van der Waals surface area (Å²) >= 11 is 0. The van der Waals surface area contributed by atoms with E-state index in [0.29, 0.717) is 6.61 Å². The van der Waals surface area contributed by atoms with Crippen molar-refractivity contribution >= 4 is 5.91 Å². The summed E-state index contributed by atoms with van der Waals surface area (Å²) in [5.74, 6) is -0.938. The Hall–Kier alpha value is -2.68. The number of rotatable bonds is 10. The van der Waals surface area contributed by atoms with Crippen LogP contribution in [0.2, 0.25) is 0 Å². The first-order valence-corrected chi connectivity index (χ1v) is 9.91. The van der Waals surface area contributed by atoms with Gasteiger partial charge in [-0.05, 0) is 25.3 Å². The summed E-state index contributed by atoms with van der Waals surface area (Å²) in [5, 5.41) is 16.2. The van der Waals surface area contributed by atoms with Gasteiger partial charge in [-0.15, -0.1) is 5.10 Å². The fourth-order valence-electron chi connectivity index (χ4n) is 2.86. The van der Waals surface area contributed by atoms with Crippen LogP contribution >= 0.6 is 0 Å². The number of nitrogens with zero attached hydrogens (tertiary/aromatic N) is 3. The molecule has 8 nitrogen and oxygen atoms in total. The highest BCUT2D eigenvalue weighted by Gasteiger charge is 2.22. The molecule has 0 bridgehead atoms. The molecule has 2 aromatic rings. The Morgan fingerprint density at radius 1 is 1.31 bits per heavy atom. The van der Waals surface area contributed by atoms with Gasteiger partial charge in [-0.3, -0.25) is 9.36 Å². The molecule has 1 aromatic carbocycles. The number of ether oxygens (including phenoxy) is 1. The average Bonchev–Trinajstić information content (AvgIpc) is 3.01. The van der Waals surface area contributed by atoms with Crippen LogP contribution in [0.15, 0.2) is 16.9 Å². The van der Waals surface area contributed by atoms with Crippen LogP contribution in [0.3, 0.4) is 0 Å². The molecule has 0 aliphatic rings. The molecule has 0 unspecified atom stereocenters. The van der Waals surface area contributed by atoms with Crippen LogP contribution in [-0.2, 0) is 13.7 Å². The molecule has 2 rings (SSSR count). The van der Waals surface area contributed by atoms with E-state index in [2.05, 4.69) is 10.4 Å². The Morgan fingerprint density at radius 3 is 2.55 bits per heavy atom. The summed E-state index contributed by atoms with van der Waals surface area (Å²) in [5.41, 5.74) is -0.682. The Morgan fingerprint density at radius 2 is 2.00 bits per heavy atom. The van der Waals surface area contributed by atoms with E-state index in [1.807, 2.05) is 20.8 Å². The van der Waals surface area contributed by atoms with Crippen LogP contribution in [0.5, 0.6) is 5.75 Å². The van der Waals surface area contributed by atoms with Crippen LogP contribution in [0.4, 0.5) is 4.39 Å². The van der Waals surface area contributed by atoms with Crippen LogP contribution in [0.1, 0.15) is 62.6 Å². The third-order valence-corrected chi connectivity index (χ3v) is 4.81. The van der Waals surface area contributed by atoms with Gasteiger partial charge in [-0.25, -0.2) is 9.18 Å². The topological polar surface area (TPSA) is 98.4 Å². The lowest BCUT2D eigenvalue weighted by Gasteiger charge is -2.18. The lowest BCUT2D eigenvalue weighted by atomic mass is 10.1. The average molecular weight is 408 g/mol. The second-order valence-corrected chi connectivity index (χ2v) is 6.82. The molecular formula is C20H29FN4O4. The number of aromatic nitrogens is 3. The van der Waals surface area contributed by atoms with Crippen molar-refractivity contribution in [3.63, 3.8) is 0 Å². The van der Waals surface area contributed by atoms with Gasteiger partial charge in [0.1, 0.15) is 23.9 Å². The van der Waals surface area contributed by atoms with Gasteiger partial charge in [0.05, 0.1) is 12.2 Å². The third kappa shape index (κ3) is 5.03. The minimum Gasteiger partial charge on any atom is -0.493 e.